The Balaban J connectivity index is 2.55. The SMILES string of the molecule is CCCC(Cl)CNC(=O)c1ccc(Br)c(F)c1. The van der Waals surface area contributed by atoms with Gasteiger partial charge in [-0.25, -0.2) is 4.39 Å². The average Bonchev–Trinajstić information content (AvgIpc) is 2.30. The molecule has 1 atom stereocenters. The van der Waals surface area contributed by atoms with Gasteiger partial charge in [-0.15, -0.1) is 11.6 Å². The number of hydrogen-bond acceptors (Lipinski definition) is 1. The maximum Gasteiger partial charge on any atom is 0.251 e. The van der Waals surface area contributed by atoms with Gasteiger partial charge in [-0.3, -0.25) is 4.79 Å². The molecule has 94 valence electrons. The molecule has 0 heterocycles. The van der Waals surface area contributed by atoms with Gasteiger partial charge in [0, 0.05) is 12.1 Å². The van der Waals surface area contributed by atoms with Crippen molar-refractivity contribution < 1.29 is 9.18 Å². The third-order valence-electron chi connectivity index (χ3n) is 2.27. The Labute approximate surface area is 114 Å². The molecular weight excluding hydrogens is 308 g/mol. The fourth-order valence-corrected chi connectivity index (χ4v) is 1.90. The zero-order valence-electron chi connectivity index (χ0n) is 9.47. The van der Waals surface area contributed by atoms with E-state index in [1.54, 1.807) is 6.07 Å². The Morgan fingerprint density at radius 2 is 2.29 bits per heavy atom. The first-order valence-electron chi connectivity index (χ1n) is 5.42. The summed E-state index contributed by atoms with van der Waals surface area (Å²) in [4.78, 5) is 11.7. The zero-order valence-corrected chi connectivity index (χ0v) is 11.8. The summed E-state index contributed by atoms with van der Waals surface area (Å²) in [6.45, 7) is 2.42. The van der Waals surface area contributed by atoms with Crippen LogP contribution in [0.2, 0.25) is 0 Å². The number of alkyl halides is 1. The van der Waals surface area contributed by atoms with Gasteiger partial charge < -0.3 is 5.32 Å². The predicted molar refractivity (Wildman–Crippen MR) is 71.0 cm³/mol. The van der Waals surface area contributed by atoms with E-state index in [2.05, 4.69) is 21.2 Å². The van der Waals surface area contributed by atoms with Gasteiger partial charge in [0.15, 0.2) is 0 Å². The van der Waals surface area contributed by atoms with Gasteiger partial charge in [0.1, 0.15) is 5.82 Å². The van der Waals surface area contributed by atoms with Gasteiger partial charge in [-0.1, -0.05) is 13.3 Å². The number of halogens is 3. The predicted octanol–water partition coefficient (Wildman–Crippen LogP) is 3.73. The molecule has 0 aliphatic heterocycles. The first kappa shape index (κ1) is 14.5. The van der Waals surface area contributed by atoms with Crippen LogP contribution in [-0.4, -0.2) is 17.8 Å². The molecule has 1 aromatic rings. The number of rotatable bonds is 5. The molecule has 1 aromatic carbocycles. The summed E-state index contributed by atoms with van der Waals surface area (Å²) < 4.78 is 13.5. The fourth-order valence-electron chi connectivity index (χ4n) is 1.36. The van der Waals surface area contributed by atoms with E-state index in [1.165, 1.54) is 12.1 Å². The van der Waals surface area contributed by atoms with Gasteiger partial charge in [0.25, 0.3) is 5.91 Å². The van der Waals surface area contributed by atoms with Gasteiger partial charge >= 0.3 is 0 Å². The highest BCUT2D eigenvalue weighted by atomic mass is 79.9. The number of benzene rings is 1. The molecule has 2 nitrogen and oxygen atoms in total. The molecule has 0 aliphatic carbocycles. The van der Waals surface area contributed by atoms with Crippen LogP contribution in [0, 0.1) is 5.82 Å². The molecule has 5 heteroatoms. The molecule has 0 saturated carbocycles. The van der Waals surface area contributed by atoms with Crippen molar-refractivity contribution in [1.82, 2.24) is 5.32 Å². The van der Waals surface area contributed by atoms with Gasteiger partial charge in [-0.05, 0) is 40.5 Å². The van der Waals surface area contributed by atoms with Crippen molar-refractivity contribution in [2.75, 3.05) is 6.54 Å². The van der Waals surface area contributed by atoms with E-state index in [-0.39, 0.29) is 11.3 Å². The van der Waals surface area contributed by atoms with Crippen LogP contribution < -0.4 is 5.32 Å². The molecule has 17 heavy (non-hydrogen) atoms. The van der Waals surface area contributed by atoms with Gasteiger partial charge in [-0.2, -0.15) is 0 Å². The van der Waals surface area contributed by atoms with E-state index in [1.807, 2.05) is 6.92 Å². The molecule has 0 fully saturated rings. The first-order chi connectivity index (χ1) is 8.04. The van der Waals surface area contributed by atoms with E-state index in [4.69, 9.17) is 11.6 Å². The molecule has 0 radical (unpaired) electrons. The lowest BCUT2D eigenvalue weighted by Crippen LogP contribution is -2.29. The Hall–Kier alpha value is -0.610. The van der Waals surface area contributed by atoms with Crippen LogP contribution in [0.5, 0.6) is 0 Å². The van der Waals surface area contributed by atoms with E-state index >= 15 is 0 Å². The third kappa shape index (κ3) is 4.64. The summed E-state index contributed by atoms with van der Waals surface area (Å²) in [5, 5.41) is 2.60. The summed E-state index contributed by atoms with van der Waals surface area (Å²) in [7, 11) is 0. The van der Waals surface area contributed by atoms with E-state index in [9.17, 15) is 9.18 Å². The largest absolute Gasteiger partial charge is 0.351 e. The molecule has 0 saturated heterocycles. The number of carbonyl (C=O) groups excluding carboxylic acids is 1. The fraction of sp³-hybridized carbons (Fsp3) is 0.417. The summed E-state index contributed by atoms with van der Waals surface area (Å²) in [5.41, 5.74) is 0.297. The lowest BCUT2D eigenvalue weighted by atomic mass is 10.2. The molecule has 1 unspecified atom stereocenters. The highest BCUT2D eigenvalue weighted by Gasteiger charge is 2.10. The van der Waals surface area contributed by atoms with Crippen LogP contribution in [0.1, 0.15) is 30.1 Å². The number of hydrogen-bond donors (Lipinski definition) is 1. The average molecular weight is 323 g/mol. The number of amides is 1. The van der Waals surface area contributed by atoms with Gasteiger partial charge in [0.2, 0.25) is 0 Å². The van der Waals surface area contributed by atoms with Crippen LogP contribution in [0.25, 0.3) is 0 Å². The summed E-state index contributed by atoms with van der Waals surface area (Å²) in [5.74, 6) is -0.758. The Bertz CT molecular complexity index is 400. The minimum Gasteiger partial charge on any atom is -0.351 e. The van der Waals surface area contributed by atoms with E-state index in [0.29, 0.717) is 16.6 Å². The molecule has 1 amide bonds. The van der Waals surface area contributed by atoms with E-state index in [0.717, 1.165) is 12.8 Å². The summed E-state index contributed by atoms with van der Waals surface area (Å²) in [6, 6.07) is 4.27. The second kappa shape index (κ2) is 6.97. The molecule has 0 aliphatic rings. The lowest BCUT2D eigenvalue weighted by Gasteiger charge is -2.09. The molecule has 0 aromatic heterocycles. The monoisotopic (exact) mass is 321 g/mol. The Morgan fingerprint density at radius 3 is 2.88 bits per heavy atom. The highest BCUT2D eigenvalue weighted by molar-refractivity contribution is 9.10. The van der Waals surface area contributed by atoms with Crippen molar-refractivity contribution in [3.63, 3.8) is 0 Å². The quantitative estimate of drug-likeness (QED) is 0.822. The van der Waals surface area contributed by atoms with E-state index < -0.39 is 5.82 Å². The first-order valence-corrected chi connectivity index (χ1v) is 6.64. The molecular formula is C12H14BrClFNO. The maximum absolute atomic E-state index is 13.2. The minimum atomic E-state index is -0.450. The second-order valence-corrected chi connectivity index (χ2v) is 5.20. The van der Waals surface area contributed by atoms with Gasteiger partial charge in [0.05, 0.1) is 9.85 Å². The van der Waals surface area contributed by atoms with Crippen molar-refractivity contribution >= 4 is 33.4 Å². The molecule has 0 spiro atoms. The smallest absolute Gasteiger partial charge is 0.251 e. The standard InChI is InChI=1S/C12H14BrClFNO/c1-2-3-9(14)7-16-12(17)8-4-5-10(13)11(15)6-8/h4-6,9H,2-3,7H2,1H3,(H,16,17). The third-order valence-corrected chi connectivity index (χ3v) is 3.28. The van der Waals surface area contributed by atoms with Crippen molar-refractivity contribution in [2.45, 2.75) is 25.1 Å². The molecule has 1 rings (SSSR count). The van der Waals surface area contributed by atoms with Crippen LogP contribution in [0.3, 0.4) is 0 Å². The number of nitrogens with one attached hydrogen (secondary N) is 1. The zero-order chi connectivity index (χ0) is 12.8. The number of carbonyl (C=O) groups is 1. The van der Waals surface area contributed by atoms with Crippen molar-refractivity contribution in [2.24, 2.45) is 0 Å². The highest BCUT2D eigenvalue weighted by Crippen LogP contribution is 2.16. The van der Waals surface area contributed by atoms with Crippen molar-refractivity contribution in [3.8, 4) is 0 Å². The second-order valence-electron chi connectivity index (χ2n) is 3.72. The van der Waals surface area contributed by atoms with Crippen LogP contribution >= 0.6 is 27.5 Å². The minimum absolute atomic E-state index is 0.0794. The van der Waals surface area contributed by atoms with Crippen LogP contribution in [-0.2, 0) is 0 Å². The molecule has 1 N–H and O–H groups in total. The van der Waals surface area contributed by atoms with Crippen LogP contribution in [0.15, 0.2) is 22.7 Å². The Morgan fingerprint density at radius 1 is 1.59 bits per heavy atom. The molecule has 0 bridgehead atoms. The van der Waals surface area contributed by atoms with Crippen LogP contribution in [0.4, 0.5) is 4.39 Å². The Kier molecular flexibility index (Phi) is 5.92. The summed E-state index contributed by atoms with van der Waals surface area (Å²) in [6.07, 6.45) is 1.81. The van der Waals surface area contributed by atoms with Crippen molar-refractivity contribution in [3.05, 3.63) is 34.1 Å². The topological polar surface area (TPSA) is 29.1 Å². The lowest BCUT2D eigenvalue weighted by molar-refractivity contribution is 0.0953. The van der Waals surface area contributed by atoms with Crippen molar-refractivity contribution in [1.29, 1.82) is 0 Å². The maximum atomic E-state index is 13.2. The summed E-state index contributed by atoms with van der Waals surface area (Å²) >= 11 is 9.01. The normalized spacial score (nSPS) is 12.2.